The van der Waals surface area contributed by atoms with E-state index in [-0.39, 0.29) is 6.42 Å². The van der Waals surface area contributed by atoms with Crippen molar-refractivity contribution in [3.63, 3.8) is 0 Å². The quantitative estimate of drug-likeness (QED) is 0.114. The number of nitrogens with one attached hydrogen (secondary N) is 1. The first kappa shape index (κ1) is 28.0. The van der Waals surface area contributed by atoms with Gasteiger partial charge in [-0.1, -0.05) is 6.92 Å². The van der Waals surface area contributed by atoms with Gasteiger partial charge in [0.05, 0.1) is 0 Å². The van der Waals surface area contributed by atoms with Crippen LogP contribution in [0.15, 0.2) is 0 Å². The predicted molar refractivity (Wildman–Crippen MR) is 91.9 cm³/mol. The zero-order chi connectivity index (χ0) is 22.9. The van der Waals surface area contributed by atoms with Crippen LogP contribution in [0.1, 0.15) is 20.3 Å². The Morgan fingerprint density at radius 1 is 0.929 bits per heavy atom. The van der Waals surface area contributed by atoms with Gasteiger partial charge in [0.15, 0.2) is 0 Å². The van der Waals surface area contributed by atoms with E-state index >= 15 is 0 Å². The molecule has 0 amide bonds. The van der Waals surface area contributed by atoms with E-state index in [1.165, 1.54) is 12.2 Å². The summed E-state index contributed by atoms with van der Waals surface area (Å²) in [6.45, 7) is 0.834. The van der Waals surface area contributed by atoms with Crippen molar-refractivity contribution in [3.8, 4) is 0 Å². The van der Waals surface area contributed by atoms with Crippen molar-refractivity contribution in [1.82, 2.24) is 10.2 Å². The lowest BCUT2D eigenvalue weighted by Gasteiger charge is -2.47. The maximum Gasteiger partial charge on any atom is 0.373 e. The van der Waals surface area contributed by atoms with Gasteiger partial charge >= 0.3 is 36.4 Å². The summed E-state index contributed by atoms with van der Waals surface area (Å²) >= 11 is 0. The molecule has 0 aromatic carbocycles. The SMILES string of the molecule is CCCN(C(P(=O)(O)O)P(=O)(O)O)C(N[C@@H](C)C(=O)O)(P(=O)(O)O)P(=O)(O)O. The van der Waals surface area contributed by atoms with E-state index in [9.17, 15) is 62.2 Å². The molecule has 0 aliphatic carbocycles. The number of aliphatic carboxylic acids is 1. The summed E-state index contributed by atoms with van der Waals surface area (Å²) in [5, 5.41) is 6.22. The second kappa shape index (κ2) is 9.01. The number of rotatable bonds is 11. The third-order valence-electron chi connectivity index (χ3n) is 3.34. The van der Waals surface area contributed by atoms with Crippen molar-refractivity contribution in [1.29, 1.82) is 0 Å². The summed E-state index contributed by atoms with van der Waals surface area (Å²) in [5.41, 5.74) is -3.39. The summed E-state index contributed by atoms with van der Waals surface area (Å²) in [5.74, 6) is -1.88. The van der Waals surface area contributed by atoms with Gasteiger partial charge in [-0.05, 0) is 13.3 Å². The number of nitrogens with zero attached hydrogens (tertiary/aromatic N) is 1. The van der Waals surface area contributed by atoms with E-state index in [2.05, 4.69) is 0 Å². The molecule has 28 heavy (non-hydrogen) atoms. The summed E-state index contributed by atoms with van der Waals surface area (Å²) in [6, 6.07) is -2.13. The smallest absolute Gasteiger partial charge is 0.373 e. The average Bonchev–Trinajstić information content (AvgIpc) is 2.37. The zero-order valence-electron chi connectivity index (χ0n) is 14.4. The molecule has 0 bridgehead atoms. The van der Waals surface area contributed by atoms with Crippen LogP contribution in [0.5, 0.6) is 0 Å². The van der Waals surface area contributed by atoms with Crippen molar-refractivity contribution < 1.29 is 67.3 Å². The Bertz CT molecular complexity index is 717. The van der Waals surface area contributed by atoms with Gasteiger partial charge in [0.1, 0.15) is 6.04 Å². The molecule has 16 nitrogen and oxygen atoms in total. The normalized spacial score (nSPS) is 15.9. The minimum Gasteiger partial charge on any atom is -0.480 e. The first-order valence-electron chi connectivity index (χ1n) is 7.13. The van der Waals surface area contributed by atoms with E-state index in [4.69, 9.17) is 5.11 Å². The van der Waals surface area contributed by atoms with Crippen LogP contribution in [0.4, 0.5) is 0 Å². The van der Waals surface area contributed by atoms with Gasteiger partial charge in [-0.2, -0.15) is 0 Å². The van der Waals surface area contributed by atoms with Crippen LogP contribution in [0, 0.1) is 0 Å². The molecular formula is C8H22N2O14P4. The third kappa shape index (κ3) is 6.00. The van der Waals surface area contributed by atoms with Crippen LogP contribution < -0.4 is 5.32 Å². The first-order valence-corrected chi connectivity index (χ1v) is 13.7. The fourth-order valence-corrected chi connectivity index (χ4v) is 8.76. The minimum absolute atomic E-state index is 0.360. The first-order chi connectivity index (χ1) is 12.1. The molecule has 168 valence electrons. The molecule has 0 heterocycles. The highest BCUT2D eigenvalue weighted by Gasteiger charge is 2.70. The predicted octanol–water partition coefficient (Wildman–Crippen LogP) is -1.63. The third-order valence-corrected chi connectivity index (χ3v) is 10.9. The highest BCUT2D eigenvalue weighted by molar-refractivity contribution is 7.73. The lowest BCUT2D eigenvalue weighted by atomic mass is 10.3. The molecule has 10 N–H and O–H groups in total. The molecule has 0 aromatic rings. The molecule has 0 aliphatic rings. The molecule has 0 spiro atoms. The van der Waals surface area contributed by atoms with Crippen molar-refractivity contribution in [2.75, 3.05) is 6.54 Å². The molecule has 20 heteroatoms. The highest BCUT2D eigenvalue weighted by atomic mass is 31.2. The largest absolute Gasteiger partial charge is 0.480 e. The zero-order valence-corrected chi connectivity index (χ0v) is 17.9. The molecule has 0 saturated heterocycles. The number of hydrogen-bond acceptors (Lipinski definition) is 7. The van der Waals surface area contributed by atoms with Crippen molar-refractivity contribution >= 4 is 36.4 Å². The molecular weight excluding hydrogens is 472 g/mol. The van der Waals surface area contributed by atoms with E-state index in [0.29, 0.717) is 6.92 Å². The summed E-state index contributed by atoms with van der Waals surface area (Å²) in [7, 11) is -24.6. The van der Waals surface area contributed by atoms with Crippen LogP contribution in [0.2, 0.25) is 0 Å². The van der Waals surface area contributed by atoms with Crippen LogP contribution in [-0.4, -0.2) is 78.4 Å². The fraction of sp³-hybridized carbons (Fsp3) is 0.875. The van der Waals surface area contributed by atoms with E-state index in [1.54, 1.807) is 0 Å². The monoisotopic (exact) mass is 494 g/mol. The Balaban J connectivity index is 7.32. The Morgan fingerprint density at radius 2 is 1.29 bits per heavy atom. The van der Waals surface area contributed by atoms with Crippen molar-refractivity contribution in [3.05, 3.63) is 0 Å². The van der Waals surface area contributed by atoms with E-state index in [0.717, 1.165) is 0 Å². The van der Waals surface area contributed by atoms with Crippen LogP contribution in [0.25, 0.3) is 0 Å². The van der Waals surface area contributed by atoms with Gasteiger partial charge in [0.25, 0.3) is 5.15 Å². The lowest BCUT2D eigenvalue weighted by molar-refractivity contribution is -0.139. The summed E-state index contributed by atoms with van der Waals surface area (Å²) < 4.78 is 47.7. The molecule has 0 unspecified atom stereocenters. The Hall–Kier alpha value is -0.0100. The topological polar surface area (TPSA) is 283 Å². The average molecular weight is 494 g/mol. The van der Waals surface area contributed by atoms with Crippen LogP contribution in [-0.2, 0) is 23.1 Å². The standard InChI is InChI=1S/C8H22N2O14P4/c1-3-4-10(7(25(13,14)15)26(16,17)18)8(27(19,20)21,28(22,23)24)9-5(2)6(11)12/h5,7,9H,3-4H2,1-2H3,(H,11,12)(H2,13,14,15)(H2,16,17,18)(H2,19,20,21)(H2,22,23,24)/t5-/m0/s1. The fourth-order valence-electron chi connectivity index (χ4n) is 2.34. The summed E-state index contributed by atoms with van der Waals surface area (Å²) in [4.78, 5) is 86.9. The number of carbonyl (C=O) groups is 1. The van der Waals surface area contributed by atoms with Crippen LogP contribution >= 0.6 is 30.4 Å². The maximum absolute atomic E-state index is 12.1. The van der Waals surface area contributed by atoms with Crippen molar-refractivity contribution in [2.45, 2.75) is 37.0 Å². The van der Waals surface area contributed by atoms with Gasteiger partial charge < -0.3 is 44.3 Å². The second-order valence-electron chi connectivity index (χ2n) is 5.65. The van der Waals surface area contributed by atoms with E-state index in [1.807, 2.05) is 0 Å². The van der Waals surface area contributed by atoms with Gasteiger partial charge in [0.2, 0.25) is 5.52 Å². The minimum atomic E-state index is -6.30. The number of hydrogen-bond donors (Lipinski definition) is 10. The van der Waals surface area contributed by atoms with Gasteiger partial charge in [-0.15, -0.1) is 0 Å². The van der Waals surface area contributed by atoms with Gasteiger partial charge in [-0.3, -0.25) is 28.4 Å². The van der Waals surface area contributed by atoms with Gasteiger partial charge in [0, 0.05) is 6.54 Å². The molecule has 0 aliphatic heterocycles. The molecule has 0 saturated carbocycles. The van der Waals surface area contributed by atoms with E-state index < -0.39 is 64.5 Å². The summed E-state index contributed by atoms with van der Waals surface area (Å²) in [6.07, 6.45) is -0.360. The lowest BCUT2D eigenvalue weighted by Crippen LogP contribution is -2.64. The molecule has 0 aromatic heterocycles. The van der Waals surface area contributed by atoms with Gasteiger partial charge in [-0.25, -0.2) is 4.90 Å². The Labute approximate surface area is 158 Å². The molecule has 1 atom stereocenters. The molecule has 0 radical (unpaired) electrons. The Morgan fingerprint density at radius 3 is 1.50 bits per heavy atom. The molecule has 0 fully saturated rings. The maximum atomic E-state index is 12.1. The Kier molecular flexibility index (Phi) is 9.00. The van der Waals surface area contributed by atoms with Crippen LogP contribution in [0.3, 0.4) is 0 Å². The molecule has 0 rings (SSSR count). The number of carboxylic acid groups (broad SMARTS) is 1. The highest BCUT2D eigenvalue weighted by Crippen LogP contribution is 2.73. The second-order valence-corrected chi connectivity index (χ2v) is 13.2. The van der Waals surface area contributed by atoms with Crippen molar-refractivity contribution in [2.24, 2.45) is 0 Å². The number of carboxylic acids is 1.